The molecule has 218 valence electrons. The second kappa shape index (κ2) is 13.1. The fraction of sp³-hybridized carbons (Fsp3) is 0.250. The lowest BCUT2D eigenvalue weighted by molar-refractivity contribution is -0.307. The van der Waals surface area contributed by atoms with Crippen molar-refractivity contribution in [2.24, 2.45) is 9.98 Å². The van der Waals surface area contributed by atoms with Crippen LogP contribution in [0.15, 0.2) is 118 Å². The summed E-state index contributed by atoms with van der Waals surface area (Å²) in [6.45, 7) is 1.53. The molecule has 2 aliphatic rings. The third kappa shape index (κ3) is 6.48. The molecule has 1 saturated heterocycles. The monoisotopic (exact) mass is 633 g/mol. The van der Waals surface area contributed by atoms with Gasteiger partial charge in [0.2, 0.25) is 0 Å². The molecule has 6 rings (SSSR count). The number of carboxylic acid groups (broad SMARTS) is 1. The van der Waals surface area contributed by atoms with Gasteiger partial charge in [0.15, 0.2) is 0 Å². The topological polar surface area (TPSA) is 91.1 Å². The molecule has 0 aromatic heterocycles. The second-order valence-corrected chi connectivity index (χ2v) is 12.1. The van der Waals surface area contributed by atoms with E-state index in [0.29, 0.717) is 29.9 Å². The maximum absolute atomic E-state index is 13.7. The number of rotatable bonds is 9. The highest BCUT2D eigenvalue weighted by Crippen LogP contribution is 2.39. The van der Waals surface area contributed by atoms with Crippen molar-refractivity contribution in [3.05, 3.63) is 135 Å². The number of aryl methyl sites for hydroxylation is 1. The molecule has 4 aromatic rings. The minimum absolute atomic E-state index is 0.195. The molecule has 4 aromatic carbocycles. The van der Waals surface area contributed by atoms with E-state index < -0.39 is 12.0 Å². The Labute approximate surface area is 260 Å². The summed E-state index contributed by atoms with van der Waals surface area (Å²) < 4.78 is 0.901. The van der Waals surface area contributed by atoms with E-state index in [4.69, 9.17) is 4.99 Å². The summed E-state index contributed by atoms with van der Waals surface area (Å²) in [6, 6.07) is 31.6. The van der Waals surface area contributed by atoms with Gasteiger partial charge in [-0.1, -0.05) is 101 Å². The summed E-state index contributed by atoms with van der Waals surface area (Å²) in [5.74, 6) is -1.74. The van der Waals surface area contributed by atoms with Crippen LogP contribution < -0.4 is 10.2 Å². The number of hydrogen-bond donors (Lipinski definition) is 0. The first-order valence-electron chi connectivity index (χ1n) is 14.7. The van der Waals surface area contributed by atoms with Gasteiger partial charge in [0, 0.05) is 34.1 Å². The van der Waals surface area contributed by atoms with Gasteiger partial charge in [0.1, 0.15) is 0 Å². The average molecular weight is 635 g/mol. The molecule has 43 heavy (non-hydrogen) atoms. The summed E-state index contributed by atoms with van der Waals surface area (Å²) in [5, 5.41) is 26.4. The summed E-state index contributed by atoms with van der Waals surface area (Å²) in [6.07, 6.45) is 3.14. The van der Waals surface area contributed by atoms with Gasteiger partial charge in [-0.3, -0.25) is 14.9 Å². The molecule has 0 saturated carbocycles. The van der Waals surface area contributed by atoms with Crippen molar-refractivity contribution in [2.45, 2.75) is 50.2 Å². The Hall–Kier alpha value is -4.07. The van der Waals surface area contributed by atoms with E-state index in [-0.39, 0.29) is 17.9 Å². The highest BCUT2D eigenvalue weighted by molar-refractivity contribution is 9.10. The highest BCUT2D eigenvalue weighted by Gasteiger charge is 2.32. The number of nitrogens with zero attached hydrogens (tertiary/aromatic N) is 3. The highest BCUT2D eigenvalue weighted by atomic mass is 79.9. The van der Waals surface area contributed by atoms with Crippen molar-refractivity contribution in [2.75, 3.05) is 6.54 Å². The van der Waals surface area contributed by atoms with E-state index in [1.165, 1.54) is 0 Å². The second-order valence-electron chi connectivity index (χ2n) is 11.2. The zero-order valence-corrected chi connectivity index (χ0v) is 25.3. The summed E-state index contributed by atoms with van der Waals surface area (Å²) in [5.41, 5.74) is 5.61. The largest absolute Gasteiger partial charge is 0.861 e. The van der Waals surface area contributed by atoms with E-state index in [1.54, 1.807) is 6.07 Å². The molecule has 1 heterocycles. The lowest BCUT2D eigenvalue weighted by Gasteiger charge is -2.29. The van der Waals surface area contributed by atoms with Gasteiger partial charge < -0.3 is 15.0 Å². The van der Waals surface area contributed by atoms with Crippen LogP contribution in [-0.4, -0.2) is 41.1 Å². The van der Waals surface area contributed by atoms with Gasteiger partial charge in [-0.25, -0.2) is 0 Å². The Kier molecular flexibility index (Phi) is 8.82. The van der Waals surface area contributed by atoms with Gasteiger partial charge in [0.25, 0.3) is 0 Å². The van der Waals surface area contributed by atoms with Crippen LogP contribution in [0.3, 0.4) is 0 Å². The number of carboxylic acids is 1. The molecule has 1 aliphatic carbocycles. The maximum atomic E-state index is 13.7. The molecule has 6 nitrogen and oxygen atoms in total. The minimum atomic E-state index is -1.22. The van der Waals surface area contributed by atoms with Gasteiger partial charge >= 0.3 is 0 Å². The molecule has 0 bridgehead atoms. The van der Waals surface area contributed by atoms with Crippen LogP contribution in [0.4, 0.5) is 5.69 Å². The third-order valence-corrected chi connectivity index (χ3v) is 8.93. The third-order valence-electron chi connectivity index (χ3n) is 8.44. The summed E-state index contributed by atoms with van der Waals surface area (Å²) >= 11 is 3.54. The molecule has 0 spiro atoms. The SMILES string of the molecule is O=C([O-])[C@@H](N=C(c1ccccc1)c1ccccc1N=C([O-])[C@@H]1CCCN1Cc1ccccc1)[C@H]1CCc2ccc(Br)cc21. The Balaban J connectivity index is 1.39. The number of hydrogen-bond acceptors (Lipinski definition) is 6. The number of carbonyl (C=O) groups is 1. The maximum Gasteiger partial charge on any atom is 0.0969 e. The number of benzene rings is 4. The van der Waals surface area contributed by atoms with Crippen LogP contribution in [-0.2, 0) is 17.8 Å². The number of aliphatic carboxylic acids is 1. The number of aliphatic imine (C=N–C) groups is 2. The van der Waals surface area contributed by atoms with E-state index in [9.17, 15) is 15.0 Å². The van der Waals surface area contributed by atoms with Crippen LogP contribution in [0, 0.1) is 0 Å². The van der Waals surface area contributed by atoms with Crippen molar-refractivity contribution in [1.82, 2.24) is 4.90 Å². The molecule has 0 N–H and O–H groups in total. The Morgan fingerprint density at radius 2 is 1.63 bits per heavy atom. The van der Waals surface area contributed by atoms with Gasteiger partial charge in [-0.2, -0.15) is 0 Å². The first-order chi connectivity index (χ1) is 21.0. The average Bonchev–Trinajstić information content (AvgIpc) is 3.66. The van der Waals surface area contributed by atoms with Crippen molar-refractivity contribution in [3.8, 4) is 0 Å². The molecule has 1 fully saturated rings. The lowest BCUT2D eigenvalue weighted by Crippen LogP contribution is -2.42. The van der Waals surface area contributed by atoms with Gasteiger partial charge in [-0.05, 0) is 73.0 Å². The lowest BCUT2D eigenvalue weighted by atomic mass is 9.92. The van der Waals surface area contributed by atoms with Crippen LogP contribution in [0.2, 0.25) is 0 Å². The smallest absolute Gasteiger partial charge is 0.0969 e. The predicted octanol–water partition coefficient (Wildman–Crippen LogP) is 5.19. The molecule has 0 amide bonds. The molecular weight excluding hydrogens is 602 g/mol. The van der Waals surface area contributed by atoms with Crippen LogP contribution in [0.25, 0.3) is 0 Å². The fourth-order valence-electron chi connectivity index (χ4n) is 6.35. The van der Waals surface area contributed by atoms with E-state index >= 15 is 0 Å². The normalized spacial score (nSPS) is 19.7. The van der Waals surface area contributed by atoms with Crippen molar-refractivity contribution in [3.63, 3.8) is 0 Å². The number of carbonyl (C=O) groups excluding carboxylic acids is 1. The fourth-order valence-corrected chi connectivity index (χ4v) is 6.73. The van der Waals surface area contributed by atoms with Crippen LogP contribution >= 0.6 is 15.9 Å². The zero-order chi connectivity index (χ0) is 29.8. The number of halogens is 1. The number of likely N-dealkylation sites (tertiary alicyclic amines) is 1. The van der Waals surface area contributed by atoms with Crippen molar-refractivity contribution >= 4 is 39.2 Å². The summed E-state index contributed by atoms with van der Waals surface area (Å²) in [7, 11) is 0. The first kappa shape index (κ1) is 29.0. The Morgan fingerprint density at radius 1 is 0.907 bits per heavy atom. The molecule has 0 unspecified atom stereocenters. The molecule has 1 aliphatic heterocycles. The molecular formula is C36H32BrN3O3-2. The molecule has 0 radical (unpaired) electrons. The first-order valence-corrected chi connectivity index (χ1v) is 15.5. The predicted molar refractivity (Wildman–Crippen MR) is 169 cm³/mol. The molecule has 7 heteroatoms. The van der Waals surface area contributed by atoms with Crippen LogP contribution in [0.5, 0.6) is 0 Å². The van der Waals surface area contributed by atoms with E-state index in [1.807, 2.05) is 84.9 Å². The van der Waals surface area contributed by atoms with Crippen molar-refractivity contribution < 1.29 is 15.0 Å². The Bertz CT molecular complexity index is 1660. The number of fused-ring (bicyclic) bond motifs is 1. The zero-order valence-electron chi connectivity index (χ0n) is 23.7. The Morgan fingerprint density at radius 3 is 2.40 bits per heavy atom. The van der Waals surface area contributed by atoms with Gasteiger partial charge in [0.05, 0.1) is 23.4 Å². The van der Waals surface area contributed by atoms with Crippen molar-refractivity contribution in [1.29, 1.82) is 0 Å². The van der Waals surface area contributed by atoms with E-state index in [2.05, 4.69) is 38.0 Å². The summed E-state index contributed by atoms with van der Waals surface area (Å²) in [4.78, 5) is 24.4. The standard InChI is InChI=1S/C36H34BrN3O3/c37-27-19-17-25-18-20-28(30(25)22-27)34(36(42)43)39-33(26-12-5-2-6-13-26)29-14-7-8-15-31(29)38-35(41)32-16-9-21-40(32)23-24-10-3-1-4-11-24/h1-8,10-15,17,19,22,28,32,34H,9,16,18,20-21,23H2,(H,38,41)(H,42,43)/p-2/t28-,32-,34-/m0/s1. The minimum Gasteiger partial charge on any atom is -0.861 e. The van der Waals surface area contributed by atoms with E-state index in [0.717, 1.165) is 52.5 Å². The van der Waals surface area contributed by atoms with Crippen LogP contribution in [0.1, 0.15) is 53.0 Å². The quantitative estimate of drug-likeness (QED) is 0.187. The van der Waals surface area contributed by atoms with Gasteiger partial charge in [-0.15, -0.1) is 0 Å². The molecule has 3 atom stereocenters. The number of para-hydroxylation sites is 1.